The fraction of sp³-hybridized carbons (Fsp3) is 0.949. The lowest BCUT2D eigenvalue weighted by Crippen LogP contribution is -2.30. The van der Waals surface area contributed by atoms with Crippen LogP contribution in [0.3, 0.4) is 0 Å². The average molecular weight is 920 g/mol. The molecule has 1 atom stereocenters. The summed E-state index contributed by atoms with van der Waals surface area (Å²) < 4.78 is 16.9. The van der Waals surface area contributed by atoms with E-state index in [0.717, 1.165) is 63.7 Å². The Labute approximate surface area is 406 Å². The summed E-state index contributed by atoms with van der Waals surface area (Å²) in [7, 11) is 0. The van der Waals surface area contributed by atoms with Gasteiger partial charge in [-0.3, -0.25) is 14.4 Å². The second-order valence-corrected chi connectivity index (χ2v) is 20.8. The zero-order valence-electron chi connectivity index (χ0n) is 44.5. The van der Waals surface area contributed by atoms with Gasteiger partial charge in [-0.05, 0) is 25.2 Å². The molecule has 6 heteroatoms. The van der Waals surface area contributed by atoms with E-state index in [1.54, 1.807) is 0 Å². The Morgan fingerprint density at radius 1 is 0.292 bits per heavy atom. The molecule has 0 unspecified atom stereocenters. The maximum Gasteiger partial charge on any atom is 0.306 e. The summed E-state index contributed by atoms with van der Waals surface area (Å²) in [6.45, 7) is 9.07. The molecule has 0 bridgehead atoms. The van der Waals surface area contributed by atoms with Crippen LogP contribution >= 0.6 is 0 Å². The smallest absolute Gasteiger partial charge is 0.306 e. The molecule has 0 aliphatic heterocycles. The molecule has 0 aromatic heterocycles. The quantitative estimate of drug-likeness (QED) is 0.0344. The van der Waals surface area contributed by atoms with E-state index in [-0.39, 0.29) is 31.1 Å². The Morgan fingerprint density at radius 2 is 0.508 bits per heavy atom. The molecule has 65 heavy (non-hydrogen) atoms. The molecular weight excluding hydrogens is 805 g/mol. The van der Waals surface area contributed by atoms with E-state index in [1.807, 2.05) is 0 Å². The second-order valence-electron chi connectivity index (χ2n) is 20.8. The Balaban J connectivity index is 4.27. The van der Waals surface area contributed by atoms with E-state index >= 15 is 0 Å². The summed E-state index contributed by atoms with van der Waals surface area (Å²) in [5.74, 6) is 0.0194. The summed E-state index contributed by atoms with van der Waals surface area (Å²) in [4.78, 5) is 38.1. The van der Waals surface area contributed by atoms with Crippen LogP contribution in [0.5, 0.6) is 0 Å². The first-order valence-corrected chi connectivity index (χ1v) is 29.4. The highest BCUT2D eigenvalue weighted by atomic mass is 16.6. The monoisotopic (exact) mass is 919 g/mol. The highest BCUT2D eigenvalue weighted by Gasteiger charge is 2.19. The molecule has 0 fully saturated rings. The van der Waals surface area contributed by atoms with Gasteiger partial charge in [0.1, 0.15) is 13.2 Å². The van der Waals surface area contributed by atoms with Crippen molar-refractivity contribution in [1.82, 2.24) is 0 Å². The molecule has 0 aromatic carbocycles. The largest absolute Gasteiger partial charge is 0.462 e. The van der Waals surface area contributed by atoms with Crippen molar-refractivity contribution in [3.8, 4) is 0 Å². The number of hydrogen-bond acceptors (Lipinski definition) is 6. The first-order chi connectivity index (χ1) is 31.9. The number of carbonyl (C=O) groups excluding carboxylic acids is 3. The molecular formula is C59H114O6. The van der Waals surface area contributed by atoms with Gasteiger partial charge in [-0.2, -0.15) is 0 Å². The first-order valence-electron chi connectivity index (χ1n) is 29.4. The van der Waals surface area contributed by atoms with Gasteiger partial charge >= 0.3 is 17.9 Å². The molecule has 0 rings (SSSR count). The minimum Gasteiger partial charge on any atom is -0.462 e. The number of esters is 3. The summed E-state index contributed by atoms with van der Waals surface area (Å²) in [6, 6.07) is 0. The van der Waals surface area contributed by atoms with Crippen molar-refractivity contribution >= 4 is 17.9 Å². The molecule has 0 radical (unpaired) electrons. The maximum atomic E-state index is 12.8. The van der Waals surface area contributed by atoms with Gasteiger partial charge in [0.2, 0.25) is 0 Å². The predicted molar refractivity (Wildman–Crippen MR) is 280 cm³/mol. The SMILES string of the molecule is CCCCCCCCCCCCCCCCCC(=O)O[C@@H](COC(=O)CCCCCCCCCCCCCCC)COC(=O)CCCCCCCCCCCCCCCCCCC(C)C. The first kappa shape index (κ1) is 63.4. The fourth-order valence-corrected chi connectivity index (χ4v) is 9.10. The lowest BCUT2D eigenvalue weighted by Gasteiger charge is -2.18. The van der Waals surface area contributed by atoms with E-state index in [2.05, 4.69) is 27.7 Å². The van der Waals surface area contributed by atoms with E-state index in [9.17, 15) is 14.4 Å². The third kappa shape index (κ3) is 53.2. The van der Waals surface area contributed by atoms with Crippen LogP contribution in [0.4, 0.5) is 0 Å². The van der Waals surface area contributed by atoms with Crippen molar-refractivity contribution in [2.24, 2.45) is 5.92 Å². The lowest BCUT2D eigenvalue weighted by atomic mass is 10.0. The van der Waals surface area contributed by atoms with Crippen LogP contribution in [0.1, 0.15) is 336 Å². The normalized spacial score (nSPS) is 12.0. The number of ether oxygens (including phenoxy) is 3. The molecule has 0 saturated heterocycles. The van der Waals surface area contributed by atoms with Crippen LogP contribution in [-0.4, -0.2) is 37.2 Å². The standard InChI is InChI=1S/C59H114O6/c1-5-7-9-11-13-15-17-19-22-28-32-36-40-44-48-52-59(62)65-56(53-63-57(60)50-46-42-38-34-30-25-18-16-14-12-10-8-6-2)54-64-58(61)51-47-43-39-35-31-27-24-21-20-23-26-29-33-37-41-45-49-55(3)4/h55-56H,5-54H2,1-4H3/t56-/m0/s1. The molecule has 0 saturated carbocycles. The van der Waals surface area contributed by atoms with Crippen molar-refractivity contribution in [3.05, 3.63) is 0 Å². The maximum absolute atomic E-state index is 12.8. The third-order valence-corrected chi connectivity index (χ3v) is 13.5. The van der Waals surface area contributed by atoms with Crippen LogP contribution in [0.15, 0.2) is 0 Å². The molecule has 0 heterocycles. The van der Waals surface area contributed by atoms with Crippen LogP contribution in [0, 0.1) is 5.92 Å². The van der Waals surface area contributed by atoms with Gasteiger partial charge in [0, 0.05) is 19.3 Å². The lowest BCUT2D eigenvalue weighted by molar-refractivity contribution is -0.167. The fourth-order valence-electron chi connectivity index (χ4n) is 9.10. The predicted octanol–water partition coefficient (Wildman–Crippen LogP) is 19.4. The molecule has 0 spiro atoms. The van der Waals surface area contributed by atoms with Crippen molar-refractivity contribution in [2.75, 3.05) is 13.2 Å². The Kier molecular flexibility index (Phi) is 52.1. The summed E-state index contributed by atoms with van der Waals surface area (Å²) in [5, 5.41) is 0. The highest BCUT2D eigenvalue weighted by molar-refractivity contribution is 5.71. The van der Waals surface area contributed by atoms with E-state index in [4.69, 9.17) is 14.2 Å². The number of carbonyl (C=O) groups is 3. The zero-order valence-corrected chi connectivity index (χ0v) is 44.5. The van der Waals surface area contributed by atoms with E-state index in [1.165, 1.54) is 231 Å². The van der Waals surface area contributed by atoms with Crippen molar-refractivity contribution in [2.45, 2.75) is 342 Å². The third-order valence-electron chi connectivity index (χ3n) is 13.5. The number of rotatable bonds is 54. The van der Waals surface area contributed by atoms with Gasteiger partial charge in [-0.25, -0.2) is 0 Å². The Morgan fingerprint density at radius 3 is 0.754 bits per heavy atom. The molecule has 0 N–H and O–H groups in total. The topological polar surface area (TPSA) is 78.9 Å². The molecule has 0 aliphatic carbocycles. The van der Waals surface area contributed by atoms with Gasteiger partial charge < -0.3 is 14.2 Å². The van der Waals surface area contributed by atoms with E-state index in [0.29, 0.717) is 19.3 Å². The van der Waals surface area contributed by atoms with Crippen LogP contribution in [0.2, 0.25) is 0 Å². The molecule has 386 valence electrons. The van der Waals surface area contributed by atoms with Gasteiger partial charge in [0.05, 0.1) is 0 Å². The second kappa shape index (κ2) is 53.4. The Bertz CT molecular complexity index is 980. The number of unbranched alkanes of at least 4 members (excludes halogenated alkanes) is 41. The molecule has 0 amide bonds. The summed E-state index contributed by atoms with van der Waals surface area (Å²) in [6.07, 6.45) is 58.0. The van der Waals surface area contributed by atoms with Gasteiger partial charge in [0.15, 0.2) is 6.10 Å². The van der Waals surface area contributed by atoms with Crippen LogP contribution < -0.4 is 0 Å². The van der Waals surface area contributed by atoms with Crippen molar-refractivity contribution < 1.29 is 28.6 Å². The average Bonchev–Trinajstić information content (AvgIpc) is 3.29. The minimum absolute atomic E-state index is 0.0616. The number of hydrogen-bond donors (Lipinski definition) is 0. The van der Waals surface area contributed by atoms with Crippen molar-refractivity contribution in [3.63, 3.8) is 0 Å². The van der Waals surface area contributed by atoms with Gasteiger partial charge in [-0.15, -0.1) is 0 Å². The van der Waals surface area contributed by atoms with Crippen LogP contribution in [0.25, 0.3) is 0 Å². The van der Waals surface area contributed by atoms with Crippen molar-refractivity contribution in [1.29, 1.82) is 0 Å². The minimum atomic E-state index is -0.761. The van der Waals surface area contributed by atoms with Gasteiger partial charge in [-0.1, -0.05) is 297 Å². The summed E-state index contributed by atoms with van der Waals surface area (Å²) in [5.41, 5.74) is 0. The highest BCUT2D eigenvalue weighted by Crippen LogP contribution is 2.18. The zero-order chi connectivity index (χ0) is 47.4. The van der Waals surface area contributed by atoms with E-state index < -0.39 is 6.10 Å². The van der Waals surface area contributed by atoms with Crippen LogP contribution in [-0.2, 0) is 28.6 Å². The molecule has 6 nitrogen and oxygen atoms in total. The Hall–Kier alpha value is -1.59. The molecule has 0 aromatic rings. The summed E-state index contributed by atoms with van der Waals surface area (Å²) >= 11 is 0. The molecule has 0 aliphatic rings. The van der Waals surface area contributed by atoms with Gasteiger partial charge in [0.25, 0.3) is 0 Å².